The van der Waals surface area contributed by atoms with Crippen molar-refractivity contribution in [2.75, 3.05) is 5.32 Å². The van der Waals surface area contributed by atoms with Gasteiger partial charge in [0.15, 0.2) is 0 Å². The van der Waals surface area contributed by atoms with Crippen molar-refractivity contribution in [1.82, 2.24) is 9.78 Å². The number of carbonyl (C=O) groups is 1. The van der Waals surface area contributed by atoms with Crippen LogP contribution in [0.4, 0.5) is 5.82 Å². The molecule has 1 rings (SSSR count). The van der Waals surface area contributed by atoms with Crippen LogP contribution in [0.5, 0.6) is 0 Å². The molecule has 0 radical (unpaired) electrons. The fourth-order valence-electron chi connectivity index (χ4n) is 1.55. The van der Waals surface area contributed by atoms with Crippen LogP contribution in [-0.2, 0) is 18.3 Å². The predicted octanol–water partition coefficient (Wildman–Crippen LogP) is 1.68. The van der Waals surface area contributed by atoms with E-state index in [0.717, 1.165) is 12.1 Å². The SMILES string of the molecule is Cn1nc(CC(C)(C)C)cc1NC(=O)C(C)(C)N. The molecule has 0 unspecified atom stereocenters. The van der Waals surface area contributed by atoms with Gasteiger partial charge in [0.25, 0.3) is 0 Å². The third-order valence-electron chi connectivity index (χ3n) is 2.47. The molecule has 1 heterocycles. The number of hydrogen-bond acceptors (Lipinski definition) is 3. The van der Waals surface area contributed by atoms with Crippen molar-refractivity contribution in [3.63, 3.8) is 0 Å². The molecule has 0 spiro atoms. The second-order valence-electron chi connectivity index (χ2n) is 6.56. The Morgan fingerprint density at radius 3 is 2.39 bits per heavy atom. The number of hydrogen-bond donors (Lipinski definition) is 2. The fourth-order valence-corrected chi connectivity index (χ4v) is 1.55. The van der Waals surface area contributed by atoms with Crippen molar-refractivity contribution in [1.29, 1.82) is 0 Å². The highest BCUT2D eigenvalue weighted by Gasteiger charge is 2.23. The highest BCUT2D eigenvalue weighted by atomic mass is 16.2. The summed E-state index contributed by atoms with van der Waals surface area (Å²) >= 11 is 0. The summed E-state index contributed by atoms with van der Waals surface area (Å²) in [7, 11) is 1.81. The average Bonchev–Trinajstić information content (AvgIpc) is 2.41. The summed E-state index contributed by atoms with van der Waals surface area (Å²) in [6.07, 6.45) is 0.864. The first-order chi connectivity index (χ1) is 7.99. The van der Waals surface area contributed by atoms with Gasteiger partial charge in [-0.3, -0.25) is 9.48 Å². The molecule has 5 nitrogen and oxygen atoms in total. The highest BCUT2D eigenvalue weighted by molar-refractivity contribution is 5.96. The Morgan fingerprint density at radius 1 is 1.39 bits per heavy atom. The van der Waals surface area contributed by atoms with Gasteiger partial charge in [0.05, 0.1) is 11.2 Å². The third-order valence-corrected chi connectivity index (χ3v) is 2.47. The normalized spacial score (nSPS) is 12.6. The minimum absolute atomic E-state index is 0.169. The van der Waals surface area contributed by atoms with Crippen LogP contribution >= 0.6 is 0 Å². The quantitative estimate of drug-likeness (QED) is 0.859. The molecular formula is C13H24N4O. The number of amides is 1. The van der Waals surface area contributed by atoms with Crippen molar-refractivity contribution in [2.24, 2.45) is 18.2 Å². The number of nitrogens with one attached hydrogen (secondary N) is 1. The van der Waals surface area contributed by atoms with E-state index in [1.54, 1.807) is 18.5 Å². The van der Waals surface area contributed by atoms with Crippen LogP contribution < -0.4 is 11.1 Å². The standard InChI is InChI=1S/C13H24N4O/c1-12(2,3)8-9-7-10(17(6)16-9)15-11(18)13(4,5)14/h7H,8,14H2,1-6H3,(H,15,18). The third kappa shape index (κ3) is 4.14. The molecule has 0 aliphatic rings. The van der Waals surface area contributed by atoms with Gasteiger partial charge in [0, 0.05) is 13.1 Å². The lowest BCUT2D eigenvalue weighted by atomic mass is 9.91. The molecule has 1 amide bonds. The number of aromatic nitrogens is 2. The molecule has 0 aliphatic heterocycles. The number of carbonyl (C=O) groups excluding carboxylic acids is 1. The minimum atomic E-state index is -0.894. The smallest absolute Gasteiger partial charge is 0.245 e. The zero-order valence-electron chi connectivity index (χ0n) is 12.2. The van der Waals surface area contributed by atoms with Crippen molar-refractivity contribution in [3.05, 3.63) is 11.8 Å². The molecule has 5 heteroatoms. The Hall–Kier alpha value is -1.36. The summed E-state index contributed by atoms with van der Waals surface area (Å²) in [5.41, 5.74) is 5.99. The Labute approximate surface area is 109 Å². The summed E-state index contributed by atoms with van der Waals surface area (Å²) in [6, 6.07) is 1.90. The topological polar surface area (TPSA) is 72.9 Å². The Morgan fingerprint density at radius 2 is 1.94 bits per heavy atom. The molecule has 0 aliphatic carbocycles. The van der Waals surface area contributed by atoms with Gasteiger partial charge in [0.2, 0.25) is 5.91 Å². The van der Waals surface area contributed by atoms with Crippen molar-refractivity contribution >= 4 is 11.7 Å². The van der Waals surface area contributed by atoms with Crippen molar-refractivity contribution in [2.45, 2.75) is 46.6 Å². The first-order valence-corrected chi connectivity index (χ1v) is 6.12. The maximum absolute atomic E-state index is 11.8. The summed E-state index contributed by atoms with van der Waals surface area (Å²) in [6.45, 7) is 9.82. The lowest BCUT2D eigenvalue weighted by Gasteiger charge is -2.17. The monoisotopic (exact) mass is 252 g/mol. The van der Waals surface area contributed by atoms with Gasteiger partial charge in [-0.2, -0.15) is 5.10 Å². The fraction of sp³-hybridized carbons (Fsp3) is 0.692. The number of nitrogens with two attached hydrogens (primary N) is 1. The summed E-state index contributed by atoms with van der Waals surface area (Å²) in [5, 5.41) is 7.19. The Bertz CT molecular complexity index is 435. The van der Waals surface area contributed by atoms with E-state index in [1.807, 2.05) is 13.1 Å². The van der Waals surface area contributed by atoms with Gasteiger partial charge < -0.3 is 11.1 Å². The molecule has 0 fully saturated rings. The van der Waals surface area contributed by atoms with E-state index in [9.17, 15) is 4.79 Å². The van der Waals surface area contributed by atoms with Crippen LogP contribution in [0.2, 0.25) is 0 Å². The Balaban J connectivity index is 2.83. The largest absolute Gasteiger partial charge is 0.318 e. The summed E-state index contributed by atoms with van der Waals surface area (Å²) in [5.74, 6) is 0.464. The highest BCUT2D eigenvalue weighted by Crippen LogP contribution is 2.21. The van der Waals surface area contributed by atoms with E-state index in [1.165, 1.54) is 0 Å². The second-order valence-corrected chi connectivity index (χ2v) is 6.56. The zero-order chi connectivity index (χ0) is 14.1. The lowest BCUT2D eigenvalue weighted by molar-refractivity contribution is -0.120. The van der Waals surface area contributed by atoms with E-state index in [-0.39, 0.29) is 11.3 Å². The average molecular weight is 252 g/mol. The van der Waals surface area contributed by atoms with Crippen LogP contribution in [0.1, 0.15) is 40.3 Å². The molecule has 3 N–H and O–H groups in total. The molecule has 1 aromatic heterocycles. The minimum Gasteiger partial charge on any atom is -0.318 e. The van der Waals surface area contributed by atoms with Crippen molar-refractivity contribution < 1.29 is 4.79 Å². The van der Waals surface area contributed by atoms with Gasteiger partial charge in [0.1, 0.15) is 5.82 Å². The summed E-state index contributed by atoms with van der Waals surface area (Å²) < 4.78 is 1.67. The molecule has 18 heavy (non-hydrogen) atoms. The van der Waals surface area contributed by atoms with Crippen LogP contribution in [0.25, 0.3) is 0 Å². The van der Waals surface area contributed by atoms with Gasteiger partial charge in [-0.1, -0.05) is 20.8 Å². The number of nitrogens with zero attached hydrogens (tertiary/aromatic N) is 2. The second kappa shape index (κ2) is 4.72. The van der Waals surface area contributed by atoms with E-state index in [0.29, 0.717) is 5.82 Å². The molecule has 0 saturated heterocycles. The number of anilines is 1. The number of aryl methyl sites for hydroxylation is 1. The molecule has 0 atom stereocenters. The maximum atomic E-state index is 11.8. The summed E-state index contributed by atoms with van der Waals surface area (Å²) in [4.78, 5) is 11.8. The molecule has 0 bridgehead atoms. The Kier molecular flexibility index (Phi) is 3.86. The van der Waals surface area contributed by atoms with Gasteiger partial charge >= 0.3 is 0 Å². The molecule has 0 aromatic carbocycles. The van der Waals surface area contributed by atoms with E-state index in [2.05, 4.69) is 31.2 Å². The first kappa shape index (κ1) is 14.7. The van der Waals surface area contributed by atoms with Crippen LogP contribution in [0.3, 0.4) is 0 Å². The van der Waals surface area contributed by atoms with Gasteiger partial charge in [-0.25, -0.2) is 0 Å². The maximum Gasteiger partial charge on any atom is 0.245 e. The van der Waals surface area contributed by atoms with Crippen LogP contribution in [0, 0.1) is 5.41 Å². The van der Waals surface area contributed by atoms with Gasteiger partial charge in [-0.15, -0.1) is 0 Å². The molecule has 0 saturated carbocycles. The van der Waals surface area contributed by atoms with Crippen LogP contribution in [-0.4, -0.2) is 21.2 Å². The lowest BCUT2D eigenvalue weighted by Crippen LogP contribution is -2.45. The number of rotatable bonds is 3. The van der Waals surface area contributed by atoms with Crippen LogP contribution in [0.15, 0.2) is 6.07 Å². The molecule has 102 valence electrons. The predicted molar refractivity (Wildman–Crippen MR) is 73.3 cm³/mol. The zero-order valence-corrected chi connectivity index (χ0v) is 12.2. The molecule has 1 aromatic rings. The van der Waals surface area contributed by atoms with E-state index >= 15 is 0 Å². The van der Waals surface area contributed by atoms with Crippen molar-refractivity contribution in [3.8, 4) is 0 Å². The van der Waals surface area contributed by atoms with E-state index in [4.69, 9.17) is 5.73 Å². The molecular weight excluding hydrogens is 228 g/mol. The van der Waals surface area contributed by atoms with Gasteiger partial charge in [-0.05, 0) is 25.7 Å². The van der Waals surface area contributed by atoms with E-state index < -0.39 is 5.54 Å². The first-order valence-electron chi connectivity index (χ1n) is 6.12.